The van der Waals surface area contributed by atoms with Crippen molar-refractivity contribution < 1.29 is 22.7 Å². The van der Waals surface area contributed by atoms with E-state index in [9.17, 15) is 13.2 Å². The number of rotatable bonds is 6. The fourth-order valence-electron chi connectivity index (χ4n) is 5.57. The number of nitrogens with zero attached hydrogens (tertiary/aromatic N) is 4. The zero-order valence-corrected chi connectivity index (χ0v) is 25.5. The van der Waals surface area contributed by atoms with E-state index in [0.717, 1.165) is 29.8 Å². The molecule has 1 N–H and O–H groups in total. The summed E-state index contributed by atoms with van der Waals surface area (Å²) in [6, 6.07) is 13.6. The van der Waals surface area contributed by atoms with Crippen molar-refractivity contribution in [1.29, 1.82) is 0 Å². The average Bonchev–Trinajstić information content (AvgIpc) is 2.95. The molecule has 2 aliphatic heterocycles. The zero-order chi connectivity index (χ0) is 29.9. The third kappa shape index (κ3) is 6.91. The topological polar surface area (TPSA) is 114 Å². The van der Waals surface area contributed by atoms with E-state index >= 15 is 0 Å². The molecule has 4 bridgehead atoms. The molecule has 3 heterocycles. The lowest BCUT2D eigenvalue weighted by Crippen LogP contribution is -2.49. The van der Waals surface area contributed by atoms with Crippen LogP contribution < -0.4 is 9.46 Å². The van der Waals surface area contributed by atoms with Gasteiger partial charge in [-0.3, -0.25) is 9.69 Å². The number of aromatic nitrogens is 2. The van der Waals surface area contributed by atoms with E-state index < -0.39 is 10.0 Å². The van der Waals surface area contributed by atoms with Gasteiger partial charge in [-0.2, -0.15) is 4.98 Å². The first-order chi connectivity index (χ1) is 20.1. The standard InChI is InChI=1S/C31H39N5O5S/c1-21(2)17-25-20-41-28-19-27(29-22(3)7-5-8-23(29)4)32-31(33-28)34-42(38,39)26-10-6-9-24(18-26)30(37)36(25)12-11-35-13-15-40-16-14-35/h5-10,18-19,21,25H,11-17,20H2,1-4H3,(H,32,33,34)/t25-/m1/s1. The van der Waals surface area contributed by atoms with Crippen molar-refractivity contribution in [2.45, 2.75) is 45.1 Å². The average molecular weight is 594 g/mol. The molecule has 1 atom stereocenters. The molecule has 1 fully saturated rings. The highest BCUT2D eigenvalue weighted by Crippen LogP contribution is 2.30. The van der Waals surface area contributed by atoms with Crippen molar-refractivity contribution in [2.75, 3.05) is 50.7 Å². The van der Waals surface area contributed by atoms with Gasteiger partial charge in [0.05, 0.1) is 29.8 Å². The van der Waals surface area contributed by atoms with Crippen LogP contribution in [0.2, 0.25) is 0 Å². The van der Waals surface area contributed by atoms with Crippen LogP contribution in [0, 0.1) is 19.8 Å². The molecule has 0 radical (unpaired) electrons. The molecule has 42 heavy (non-hydrogen) atoms. The van der Waals surface area contributed by atoms with Crippen LogP contribution in [0.1, 0.15) is 41.8 Å². The first-order valence-corrected chi connectivity index (χ1v) is 15.9. The molecule has 1 saturated heterocycles. The van der Waals surface area contributed by atoms with E-state index in [2.05, 4.69) is 33.4 Å². The molecule has 0 saturated carbocycles. The maximum atomic E-state index is 14.1. The lowest BCUT2D eigenvalue weighted by Gasteiger charge is -2.35. The van der Waals surface area contributed by atoms with Gasteiger partial charge < -0.3 is 14.4 Å². The molecule has 0 aliphatic carbocycles. The van der Waals surface area contributed by atoms with Crippen molar-refractivity contribution in [3.8, 4) is 17.1 Å². The molecule has 224 valence electrons. The van der Waals surface area contributed by atoms with Gasteiger partial charge in [-0.05, 0) is 55.5 Å². The van der Waals surface area contributed by atoms with Gasteiger partial charge >= 0.3 is 0 Å². The first-order valence-electron chi connectivity index (χ1n) is 14.4. The van der Waals surface area contributed by atoms with Crippen LogP contribution in [0.4, 0.5) is 5.95 Å². The monoisotopic (exact) mass is 593 g/mol. The number of benzene rings is 2. The van der Waals surface area contributed by atoms with E-state index in [1.165, 1.54) is 12.1 Å². The molecule has 2 aromatic carbocycles. The lowest BCUT2D eigenvalue weighted by atomic mass is 10.00. The molecule has 3 aromatic rings. The molecule has 0 spiro atoms. The number of nitrogens with one attached hydrogen (secondary N) is 1. The normalized spacial score (nSPS) is 19.3. The molecule has 5 rings (SSSR count). The SMILES string of the molecule is Cc1cccc(C)c1-c1cc2nc(n1)NS(=O)(=O)c1cccc(c1)C(=O)N(CCN1CCOCC1)[C@H](CC(C)C)CO2. The predicted octanol–water partition coefficient (Wildman–Crippen LogP) is 4.14. The Bertz CT molecular complexity index is 1520. The Morgan fingerprint density at radius 2 is 1.71 bits per heavy atom. The number of fused-ring (bicyclic) bond motifs is 4. The summed E-state index contributed by atoms with van der Waals surface area (Å²) in [5, 5.41) is 0. The molecule has 10 nitrogen and oxygen atoms in total. The van der Waals surface area contributed by atoms with Gasteiger partial charge in [0.25, 0.3) is 15.9 Å². The van der Waals surface area contributed by atoms with Crippen molar-refractivity contribution in [3.63, 3.8) is 0 Å². The van der Waals surface area contributed by atoms with E-state index in [-0.39, 0.29) is 41.2 Å². The summed E-state index contributed by atoms with van der Waals surface area (Å²) in [6.45, 7) is 12.5. The van der Waals surface area contributed by atoms with Crippen LogP contribution >= 0.6 is 0 Å². The minimum atomic E-state index is -4.10. The molecule has 0 unspecified atom stereocenters. The van der Waals surface area contributed by atoms with Gasteiger partial charge in [-0.15, -0.1) is 0 Å². The summed E-state index contributed by atoms with van der Waals surface area (Å²) in [7, 11) is -4.10. The van der Waals surface area contributed by atoms with E-state index in [1.807, 2.05) is 36.9 Å². The van der Waals surface area contributed by atoms with Gasteiger partial charge in [-0.1, -0.05) is 38.1 Å². The number of anilines is 1. The van der Waals surface area contributed by atoms with E-state index in [1.54, 1.807) is 18.2 Å². The van der Waals surface area contributed by atoms with Crippen LogP contribution in [0.3, 0.4) is 0 Å². The van der Waals surface area contributed by atoms with E-state index in [4.69, 9.17) is 9.47 Å². The fourth-order valence-corrected chi connectivity index (χ4v) is 6.56. The molecule has 1 aromatic heterocycles. The maximum absolute atomic E-state index is 14.1. The van der Waals surface area contributed by atoms with Crippen molar-refractivity contribution >= 4 is 21.9 Å². The number of carbonyl (C=O) groups is 1. The summed E-state index contributed by atoms with van der Waals surface area (Å²) in [4.78, 5) is 27.2. The van der Waals surface area contributed by atoms with Gasteiger partial charge in [0, 0.05) is 43.4 Å². The Kier molecular flexibility index (Phi) is 9.10. The highest BCUT2D eigenvalue weighted by Gasteiger charge is 2.29. The number of ether oxygens (including phenoxy) is 2. The summed E-state index contributed by atoms with van der Waals surface area (Å²) in [5.74, 6) is 0.196. The number of aryl methyl sites for hydroxylation is 2. The second-order valence-electron chi connectivity index (χ2n) is 11.4. The summed E-state index contributed by atoms with van der Waals surface area (Å²) in [5.41, 5.74) is 3.74. The summed E-state index contributed by atoms with van der Waals surface area (Å²) >= 11 is 0. The molecule has 1 amide bonds. The lowest BCUT2D eigenvalue weighted by molar-refractivity contribution is 0.0258. The Balaban J connectivity index is 1.60. The van der Waals surface area contributed by atoms with Gasteiger partial charge in [0.2, 0.25) is 11.8 Å². The first kappa shape index (κ1) is 29.9. The highest BCUT2D eigenvalue weighted by atomic mass is 32.2. The smallest absolute Gasteiger partial charge is 0.264 e. The number of hydrogen-bond acceptors (Lipinski definition) is 8. The van der Waals surface area contributed by atoms with Crippen LogP contribution in [-0.2, 0) is 14.8 Å². The Morgan fingerprint density at radius 1 is 1.00 bits per heavy atom. The number of hydrogen-bond donors (Lipinski definition) is 1. The van der Waals surface area contributed by atoms with Crippen LogP contribution in [0.5, 0.6) is 5.88 Å². The molecule has 11 heteroatoms. The fraction of sp³-hybridized carbons (Fsp3) is 0.452. The minimum Gasteiger partial charge on any atom is -0.475 e. The van der Waals surface area contributed by atoms with Gasteiger partial charge in [0.15, 0.2) is 0 Å². The van der Waals surface area contributed by atoms with Crippen LogP contribution in [-0.4, -0.2) is 86.1 Å². The quantitative estimate of drug-likeness (QED) is 0.454. The second kappa shape index (κ2) is 12.8. The Morgan fingerprint density at radius 3 is 2.43 bits per heavy atom. The number of amides is 1. The van der Waals surface area contributed by atoms with Crippen molar-refractivity contribution in [2.24, 2.45) is 5.92 Å². The van der Waals surface area contributed by atoms with Crippen LogP contribution in [0.25, 0.3) is 11.3 Å². The maximum Gasteiger partial charge on any atom is 0.264 e. The minimum absolute atomic E-state index is 0.0373. The third-order valence-corrected chi connectivity index (χ3v) is 9.01. The van der Waals surface area contributed by atoms with E-state index in [0.29, 0.717) is 44.0 Å². The molecule has 2 aliphatic rings. The zero-order valence-electron chi connectivity index (χ0n) is 24.7. The Hall–Kier alpha value is -3.54. The highest BCUT2D eigenvalue weighted by molar-refractivity contribution is 7.92. The number of carbonyl (C=O) groups excluding carboxylic acids is 1. The summed E-state index contributed by atoms with van der Waals surface area (Å²) < 4.78 is 41.3. The second-order valence-corrected chi connectivity index (χ2v) is 13.0. The number of morpholine rings is 1. The van der Waals surface area contributed by atoms with Crippen molar-refractivity contribution in [3.05, 3.63) is 65.2 Å². The Labute approximate surface area is 248 Å². The molecular formula is C31H39N5O5S. The van der Waals surface area contributed by atoms with Crippen molar-refractivity contribution in [1.82, 2.24) is 19.8 Å². The molecular weight excluding hydrogens is 554 g/mol. The predicted molar refractivity (Wildman–Crippen MR) is 161 cm³/mol. The van der Waals surface area contributed by atoms with Gasteiger partial charge in [-0.25, -0.2) is 18.1 Å². The van der Waals surface area contributed by atoms with Gasteiger partial charge in [0.1, 0.15) is 6.61 Å². The van der Waals surface area contributed by atoms with Crippen LogP contribution in [0.15, 0.2) is 53.4 Å². The largest absolute Gasteiger partial charge is 0.475 e. The third-order valence-electron chi connectivity index (χ3n) is 7.69. The number of sulfonamides is 1. The summed E-state index contributed by atoms with van der Waals surface area (Å²) in [6.07, 6.45) is 0.701.